The van der Waals surface area contributed by atoms with Crippen molar-refractivity contribution in [3.8, 4) is 0 Å². The quantitative estimate of drug-likeness (QED) is 0.429. The number of anilines is 1. The van der Waals surface area contributed by atoms with E-state index in [1.165, 1.54) is 16.6 Å². The van der Waals surface area contributed by atoms with Crippen LogP contribution >= 0.6 is 11.6 Å². The van der Waals surface area contributed by atoms with Crippen molar-refractivity contribution in [3.05, 3.63) is 105 Å². The molecule has 2 heterocycles. The minimum Gasteiger partial charge on any atom is -0.318 e. The molecule has 0 fully saturated rings. The summed E-state index contributed by atoms with van der Waals surface area (Å²) in [5, 5.41) is 6.89. The number of nitrogens with zero attached hydrogens (tertiary/aromatic N) is 4. The number of benzene rings is 3. The Bertz CT molecular complexity index is 1590. The number of carbonyl (C=O) groups excluding carboxylic acids is 1. The van der Waals surface area contributed by atoms with Gasteiger partial charge in [-0.15, -0.1) is 5.10 Å². The van der Waals surface area contributed by atoms with Crippen molar-refractivity contribution in [2.75, 3.05) is 5.32 Å². The Hall–Kier alpha value is -4.04. The average Bonchev–Trinajstić information content (AvgIpc) is 3.25. The van der Waals surface area contributed by atoms with E-state index in [4.69, 9.17) is 11.6 Å². The zero-order chi connectivity index (χ0) is 23.1. The first-order valence-corrected chi connectivity index (χ1v) is 10.5. The molecule has 1 amide bonds. The molecule has 164 valence electrons. The number of rotatable bonds is 4. The molecule has 0 aliphatic carbocycles. The fourth-order valence-corrected chi connectivity index (χ4v) is 3.88. The van der Waals surface area contributed by atoms with Crippen molar-refractivity contribution in [1.29, 1.82) is 0 Å². The first kappa shape index (κ1) is 20.8. The van der Waals surface area contributed by atoms with Crippen molar-refractivity contribution >= 4 is 39.9 Å². The van der Waals surface area contributed by atoms with Gasteiger partial charge in [0.05, 0.1) is 28.3 Å². The molecule has 0 saturated carbocycles. The smallest absolute Gasteiger partial charge is 0.296 e. The standard InChI is InChI=1S/C24H17ClFN5O2/c1-14-7-10-19-20(11-14)30(13-15-5-3-2-4-6-15)24(33)22-28-21(29-31(19)22)23(32)27-18-9-8-16(26)12-17(18)25/h2-12H,13H2,1H3,(H,27,32). The summed E-state index contributed by atoms with van der Waals surface area (Å²) >= 11 is 6.00. The number of aromatic nitrogens is 4. The van der Waals surface area contributed by atoms with Crippen LogP contribution < -0.4 is 10.9 Å². The Morgan fingerprint density at radius 3 is 2.61 bits per heavy atom. The van der Waals surface area contributed by atoms with Crippen LogP contribution in [0.2, 0.25) is 5.02 Å². The Morgan fingerprint density at radius 1 is 1.06 bits per heavy atom. The van der Waals surface area contributed by atoms with E-state index in [0.717, 1.165) is 17.2 Å². The molecule has 0 atom stereocenters. The van der Waals surface area contributed by atoms with E-state index in [1.54, 1.807) is 4.57 Å². The Morgan fingerprint density at radius 2 is 1.85 bits per heavy atom. The summed E-state index contributed by atoms with van der Waals surface area (Å²) in [4.78, 5) is 30.4. The highest BCUT2D eigenvalue weighted by atomic mass is 35.5. The molecule has 33 heavy (non-hydrogen) atoms. The first-order valence-electron chi connectivity index (χ1n) is 10.1. The molecule has 3 aromatic carbocycles. The summed E-state index contributed by atoms with van der Waals surface area (Å²) < 4.78 is 16.3. The third-order valence-corrected chi connectivity index (χ3v) is 5.57. The van der Waals surface area contributed by atoms with Crippen LogP contribution in [0.15, 0.2) is 71.5 Å². The van der Waals surface area contributed by atoms with Gasteiger partial charge in [0.15, 0.2) is 0 Å². The van der Waals surface area contributed by atoms with Gasteiger partial charge in [-0.3, -0.25) is 14.2 Å². The van der Waals surface area contributed by atoms with Gasteiger partial charge in [0.2, 0.25) is 11.5 Å². The molecule has 5 rings (SSSR count). The van der Waals surface area contributed by atoms with Crippen LogP contribution in [0.1, 0.15) is 21.7 Å². The summed E-state index contributed by atoms with van der Waals surface area (Å²) in [7, 11) is 0. The number of nitrogens with one attached hydrogen (secondary N) is 1. The minimum absolute atomic E-state index is 0.0256. The van der Waals surface area contributed by atoms with Crippen LogP contribution in [0.3, 0.4) is 0 Å². The predicted molar refractivity (Wildman–Crippen MR) is 124 cm³/mol. The Kier molecular flexibility index (Phi) is 5.14. The van der Waals surface area contributed by atoms with E-state index < -0.39 is 11.7 Å². The van der Waals surface area contributed by atoms with Crippen molar-refractivity contribution < 1.29 is 9.18 Å². The molecule has 0 spiro atoms. The monoisotopic (exact) mass is 461 g/mol. The lowest BCUT2D eigenvalue weighted by atomic mass is 10.2. The van der Waals surface area contributed by atoms with Gasteiger partial charge in [-0.05, 0) is 48.4 Å². The maximum atomic E-state index is 13.4. The van der Waals surface area contributed by atoms with Gasteiger partial charge in [-0.2, -0.15) is 4.98 Å². The van der Waals surface area contributed by atoms with E-state index >= 15 is 0 Å². The van der Waals surface area contributed by atoms with E-state index in [-0.39, 0.29) is 27.7 Å². The predicted octanol–water partition coefficient (Wildman–Crippen LogP) is 4.45. The second-order valence-corrected chi connectivity index (χ2v) is 8.03. The largest absolute Gasteiger partial charge is 0.318 e. The lowest BCUT2D eigenvalue weighted by Crippen LogP contribution is -2.24. The second kappa shape index (κ2) is 8.14. The van der Waals surface area contributed by atoms with Crippen molar-refractivity contribution in [2.24, 2.45) is 0 Å². The summed E-state index contributed by atoms with van der Waals surface area (Å²) in [5.74, 6) is -1.39. The molecule has 5 aromatic rings. The molecule has 2 aromatic heterocycles. The van der Waals surface area contributed by atoms with Crippen molar-refractivity contribution in [2.45, 2.75) is 13.5 Å². The molecule has 1 N–H and O–H groups in total. The summed E-state index contributed by atoms with van der Waals surface area (Å²) in [6, 6.07) is 18.9. The topological polar surface area (TPSA) is 81.3 Å². The highest BCUT2D eigenvalue weighted by molar-refractivity contribution is 6.33. The molecular formula is C24H17ClFN5O2. The third-order valence-electron chi connectivity index (χ3n) is 5.26. The average molecular weight is 462 g/mol. The fourth-order valence-electron chi connectivity index (χ4n) is 3.67. The second-order valence-electron chi connectivity index (χ2n) is 7.62. The Balaban J connectivity index is 1.64. The van der Waals surface area contributed by atoms with Gasteiger partial charge in [-0.25, -0.2) is 8.91 Å². The van der Waals surface area contributed by atoms with Gasteiger partial charge in [0, 0.05) is 0 Å². The summed E-state index contributed by atoms with van der Waals surface area (Å²) in [6.45, 7) is 2.28. The number of hydrogen-bond acceptors (Lipinski definition) is 4. The maximum absolute atomic E-state index is 13.4. The molecule has 0 aliphatic rings. The maximum Gasteiger partial charge on any atom is 0.296 e. The number of amides is 1. The third kappa shape index (κ3) is 3.85. The molecule has 0 radical (unpaired) electrons. The van der Waals surface area contributed by atoms with Crippen LogP contribution in [0.4, 0.5) is 10.1 Å². The van der Waals surface area contributed by atoms with Crippen LogP contribution in [0.25, 0.3) is 16.7 Å². The van der Waals surface area contributed by atoms with E-state index in [9.17, 15) is 14.0 Å². The van der Waals surface area contributed by atoms with Crippen LogP contribution in [-0.2, 0) is 6.54 Å². The lowest BCUT2D eigenvalue weighted by Gasteiger charge is -2.12. The van der Waals surface area contributed by atoms with E-state index in [0.29, 0.717) is 17.6 Å². The molecular weight excluding hydrogens is 445 g/mol. The van der Waals surface area contributed by atoms with Gasteiger partial charge < -0.3 is 5.32 Å². The highest BCUT2D eigenvalue weighted by Gasteiger charge is 2.20. The Labute approximate surface area is 192 Å². The highest BCUT2D eigenvalue weighted by Crippen LogP contribution is 2.23. The molecule has 0 unspecified atom stereocenters. The molecule has 7 nitrogen and oxygen atoms in total. The SMILES string of the molecule is Cc1ccc2c(c1)n(Cc1ccccc1)c(=O)c1nc(C(=O)Nc3ccc(F)cc3Cl)nn12. The molecule has 0 saturated heterocycles. The molecule has 9 heteroatoms. The fraction of sp³-hybridized carbons (Fsp3) is 0.0833. The normalized spacial score (nSPS) is 11.2. The number of halogens is 2. The van der Waals surface area contributed by atoms with Crippen LogP contribution in [-0.4, -0.2) is 25.1 Å². The summed E-state index contributed by atoms with van der Waals surface area (Å²) in [5.41, 5.74) is 3.11. The van der Waals surface area contributed by atoms with Crippen molar-refractivity contribution in [3.63, 3.8) is 0 Å². The van der Waals surface area contributed by atoms with Gasteiger partial charge in [-0.1, -0.05) is 48.0 Å². The molecule has 0 bridgehead atoms. The number of aryl methyl sites for hydroxylation is 1. The van der Waals surface area contributed by atoms with E-state index in [1.807, 2.05) is 55.5 Å². The minimum atomic E-state index is -0.665. The van der Waals surface area contributed by atoms with Gasteiger partial charge in [0.1, 0.15) is 5.82 Å². The van der Waals surface area contributed by atoms with E-state index in [2.05, 4.69) is 15.4 Å². The van der Waals surface area contributed by atoms with Crippen LogP contribution in [0, 0.1) is 12.7 Å². The van der Waals surface area contributed by atoms with Crippen LogP contribution in [0.5, 0.6) is 0 Å². The molecule has 0 aliphatic heterocycles. The summed E-state index contributed by atoms with van der Waals surface area (Å²) in [6.07, 6.45) is 0. The lowest BCUT2D eigenvalue weighted by molar-refractivity contribution is 0.101. The first-order chi connectivity index (χ1) is 15.9. The number of fused-ring (bicyclic) bond motifs is 3. The number of hydrogen-bond donors (Lipinski definition) is 1. The zero-order valence-electron chi connectivity index (χ0n) is 17.4. The zero-order valence-corrected chi connectivity index (χ0v) is 18.2. The van der Waals surface area contributed by atoms with Crippen molar-refractivity contribution in [1.82, 2.24) is 19.2 Å². The van der Waals surface area contributed by atoms with Gasteiger partial charge >= 0.3 is 0 Å². The van der Waals surface area contributed by atoms with Gasteiger partial charge in [0.25, 0.3) is 11.5 Å². The number of carbonyl (C=O) groups is 1.